The molecule has 0 spiro atoms. The quantitative estimate of drug-likeness (QED) is 0.145. The van der Waals surface area contributed by atoms with E-state index in [1.807, 2.05) is 6.20 Å². The molecule has 0 radical (unpaired) electrons. The van der Waals surface area contributed by atoms with E-state index < -0.39 is 0 Å². The molecule has 8 rings (SSSR count). The molecule has 0 aliphatic carbocycles. The molecule has 2 aromatic heterocycles. The first kappa shape index (κ1) is 42.2. The molecule has 0 saturated carbocycles. The van der Waals surface area contributed by atoms with Gasteiger partial charge in [0.15, 0.2) is 0 Å². The number of ether oxygens (including phenoxy) is 1. The molecule has 7 aromatic rings. The number of anilines is 4. The fourth-order valence-corrected chi connectivity index (χ4v) is 8.82. The highest BCUT2D eigenvalue weighted by Gasteiger charge is 2.31. The lowest BCUT2D eigenvalue weighted by Crippen LogP contribution is -2.25. The molecule has 0 saturated heterocycles. The van der Waals surface area contributed by atoms with E-state index in [4.69, 9.17) is 9.72 Å². The molecule has 5 heteroatoms. The van der Waals surface area contributed by atoms with Crippen molar-refractivity contribution in [2.24, 2.45) is 11.8 Å². The second-order valence-corrected chi connectivity index (χ2v) is 21.4. The Morgan fingerprint density at radius 1 is 0.557 bits per heavy atom. The molecule has 3 heterocycles. The Balaban J connectivity index is 1.23. The van der Waals surface area contributed by atoms with Crippen LogP contribution in [0.25, 0.3) is 27.6 Å². The van der Waals surface area contributed by atoms with Gasteiger partial charge in [-0.1, -0.05) is 120 Å². The summed E-state index contributed by atoms with van der Waals surface area (Å²) in [6, 6.07) is 40.7. The van der Waals surface area contributed by atoms with E-state index in [0.29, 0.717) is 18.5 Å². The number of hydrogen-bond donors (Lipinski definition) is 0. The molecule has 0 atom stereocenters. The van der Waals surface area contributed by atoms with Crippen LogP contribution in [0.15, 0.2) is 115 Å². The van der Waals surface area contributed by atoms with Gasteiger partial charge in [0.05, 0.1) is 22.4 Å². The van der Waals surface area contributed by atoms with Crippen molar-refractivity contribution in [2.45, 2.75) is 119 Å². The van der Waals surface area contributed by atoms with Gasteiger partial charge < -0.3 is 14.5 Å². The highest BCUT2D eigenvalue weighted by Crippen LogP contribution is 2.47. The zero-order valence-corrected chi connectivity index (χ0v) is 38.9. The fraction of sp³-hybridized carbons (Fsp3) is 0.375. The van der Waals surface area contributed by atoms with Crippen molar-refractivity contribution < 1.29 is 4.74 Å². The van der Waals surface area contributed by atoms with Gasteiger partial charge in [-0.15, -0.1) is 0 Å². The van der Waals surface area contributed by atoms with E-state index in [-0.39, 0.29) is 16.2 Å². The number of aromatic nitrogens is 2. The molecular formula is C56H66N4O. The molecule has 0 fully saturated rings. The van der Waals surface area contributed by atoms with Crippen molar-refractivity contribution in [3.8, 4) is 17.3 Å². The minimum atomic E-state index is -0.0106. The zero-order chi connectivity index (χ0) is 43.6. The van der Waals surface area contributed by atoms with Gasteiger partial charge in [0.1, 0.15) is 24.0 Å². The first-order valence-electron chi connectivity index (χ1n) is 22.4. The van der Waals surface area contributed by atoms with E-state index in [9.17, 15) is 0 Å². The van der Waals surface area contributed by atoms with Crippen LogP contribution >= 0.6 is 0 Å². The van der Waals surface area contributed by atoms with Crippen LogP contribution in [0.4, 0.5) is 22.7 Å². The van der Waals surface area contributed by atoms with Crippen LogP contribution in [0.3, 0.4) is 0 Å². The average molecular weight is 811 g/mol. The van der Waals surface area contributed by atoms with Crippen LogP contribution in [-0.4, -0.2) is 16.2 Å². The first-order valence-corrected chi connectivity index (χ1v) is 22.4. The molecule has 1 aliphatic heterocycles. The Hall–Kier alpha value is -5.55. The number of benzene rings is 5. The maximum Gasteiger partial charge on any atom is 0.137 e. The lowest BCUT2D eigenvalue weighted by Gasteiger charge is -2.29. The molecule has 5 nitrogen and oxygen atoms in total. The second kappa shape index (κ2) is 15.7. The normalized spacial score (nSPS) is 13.6. The van der Waals surface area contributed by atoms with E-state index in [1.165, 1.54) is 55.7 Å². The topological polar surface area (TPSA) is 33.5 Å². The minimum Gasteiger partial charge on any atom is -0.457 e. The smallest absolute Gasteiger partial charge is 0.137 e. The van der Waals surface area contributed by atoms with E-state index >= 15 is 0 Å². The van der Waals surface area contributed by atoms with Crippen molar-refractivity contribution in [1.29, 1.82) is 0 Å². The Labute approximate surface area is 365 Å². The van der Waals surface area contributed by atoms with Gasteiger partial charge in [0.2, 0.25) is 0 Å². The number of nitrogens with zero attached hydrogens (tertiary/aromatic N) is 4. The molecule has 1 aliphatic rings. The number of pyridine rings is 1. The van der Waals surface area contributed by atoms with Crippen LogP contribution in [0.5, 0.6) is 11.5 Å². The van der Waals surface area contributed by atoms with Crippen LogP contribution in [0.1, 0.15) is 118 Å². The average Bonchev–Trinajstić information content (AvgIpc) is 3.72. The highest BCUT2D eigenvalue weighted by molar-refractivity contribution is 6.10. The number of rotatable bonds is 9. The lowest BCUT2D eigenvalue weighted by molar-refractivity contribution is 0.471. The van der Waals surface area contributed by atoms with Crippen LogP contribution in [-0.2, 0) is 29.1 Å². The molecule has 316 valence electrons. The molecule has 0 unspecified atom stereocenters. The lowest BCUT2D eigenvalue weighted by atomic mass is 9.80. The molecule has 0 bridgehead atoms. The second-order valence-electron chi connectivity index (χ2n) is 21.4. The van der Waals surface area contributed by atoms with Crippen LogP contribution < -0.4 is 14.5 Å². The first-order chi connectivity index (χ1) is 28.7. The summed E-state index contributed by atoms with van der Waals surface area (Å²) in [5, 5.41) is 2.49. The van der Waals surface area contributed by atoms with Gasteiger partial charge in [-0.05, 0) is 135 Å². The maximum atomic E-state index is 7.09. The SMILES string of the molecule is CC(C)Cc1ccc2c(c1)c1cc(CC(C)C)c(Oc3cccc(N4CN(c5cc(C(C)(C)C)cc(C(C)(C)C)c5)c5ccccc54)c3)cc1n2-c1cc(C(C)(C)C)ccn1. The molecular weight excluding hydrogens is 745 g/mol. The summed E-state index contributed by atoms with van der Waals surface area (Å²) in [5.41, 5.74) is 13.5. The molecule has 5 aromatic carbocycles. The van der Waals surface area contributed by atoms with Gasteiger partial charge >= 0.3 is 0 Å². The summed E-state index contributed by atoms with van der Waals surface area (Å²) in [4.78, 5) is 9.89. The Morgan fingerprint density at radius 2 is 1.18 bits per heavy atom. The van der Waals surface area contributed by atoms with Crippen LogP contribution in [0.2, 0.25) is 0 Å². The summed E-state index contributed by atoms with van der Waals surface area (Å²) < 4.78 is 9.44. The van der Waals surface area contributed by atoms with E-state index in [0.717, 1.165) is 46.9 Å². The summed E-state index contributed by atoms with van der Waals surface area (Å²) >= 11 is 0. The van der Waals surface area contributed by atoms with Gasteiger partial charge in [-0.3, -0.25) is 4.57 Å². The Kier molecular flexibility index (Phi) is 10.9. The third-order valence-corrected chi connectivity index (χ3v) is 12.2. The van der Waals surface area contributed by atoms with E-state index in [2.05, 4.69) is 214 Å². The van der Waals surface area contributed by atoms with Gasteiger partial charge in [0, 0.05) is 40.5 Å². The monoisotopic (exact) mass is 811 g/mol. The maximum absolute atomic E-state index is 7.09. The van der Waals surface area contributed by atoms with E-state index in [1.54, 1.807) is 0 Å². The van der Waals surface area contributed by atoms with Crippen LogP contribution in [0, 0.1) is 11.8 Å². The Bertz CT molecular complexity index is 2700. The van der Waals surface area contributed by atoms with Crippen molar-refractivity contribution in [1.82, 2.24) is 9.55 Å². The van der Waals surface area contributed by atoms with Crippen molar-refractivity contribution in [3.05, 3.63) is 143 Å². The molecule has 0 amide bonds. The zero-order valence-electron chi connectivity index (χ0n) is 38.9. The van der Waals surface area contributed by atoms with Gasteiger partial charge in [0.25, 0.3) is 0 Å². The number of para-hydroxylation sites is 2. The predicted molar refractivity (Wildman–Crippen MR) is 260 cm³/mol. The number of fused-ring (bicyclic) bond motifs is 4. The largest absolute Gasteiger partial charge is 0.457 e. The third-order valence-electron chi connectivity index (χ3n) is 12.2. The summed E-state index contributed by atoms with van der Waals surface area (Å²) in [5.74, 6) is 3.64. The highest BCUT2D eigenvalue weighted by atomic mass is 16.5. The third kappa shape index (κ3) is 8.54. The van der Waals surface area contributed by atoms with Crippen molar-refractivity contribution in [3.63, 3.8) is 0 Å². The standard InChI is InChI=1S/C56H66N4O/c1-36(2)25-38-21-22-48-46(27-38)47-28-39(26-37(3)4)52(34-51(47)60(48)53-32-40(23-24-57-53)54(5,6)7)61-45-18-16-17-43(33-45)58-35-59(50-20-15-14-19-49(50)58)44-30-41(55(8,9)10)29-42(31-44)56(11,12)13/h14-24,27-34,36-37H,25-26,35H2,1-13H3. The summed E-state index contributed by atoms with van der Waals surface area (Å²) in [6.07, 6.45) is 3.90. The molecule has 61 heavy (non-hydrogen) atoms. The van der Waals surface area contributed by atoms with Crippen molar-refractivity contribution in [2.75, 3.05) is 16.5 Å². The number of hydrogen-bond acceptors (Lipinski definition) is 4. The summed E-state index contributed by atoms with van der Waals surface area (Å²) in [7, 11) is 0. The summed E-state index contributed by atoms with van der Waals surface area (Å²) in [6.45, 7) is 30.5. The van der Waals surface area contributed by atoms with Gasteiger partial charge in [-0.2, -0.15) is 0 Å². The van der Waals surface area contributed by atoms with Crippen molar-refractivity contribution >= 4 is 44.6 Å². The van der Waals surface area contributed by atoms with Gasteiger partial charge in [-0.25, -0.2) is 4.98 Å². The predicted octanol–water partition coefficient (Wildman–Crippen LogP) is 15.5. The minimum absolute atomic E-state index is 0.0106. The molecule has 0 N–H and O–H groups in total. The Morgan fingerprint density at radius 3 is 1.80 bits per heavy atom. The fourth-order valence-electron chi connectivity index (χ4n) is 8.82.